The molecule has 1 atom stereocenters. The normalized spacial score (nSPS) is 12.8. The van der Waals surface area contributed by atoms with E-state index in [1.165, 1.54) is 6.07 Å². The number of thioether (sulfide) groups is 1. The van der Waals surface area contributed by atoms with Crippen LogP contribution in [0.25, 0.3) is 0 Å². The van der Waals surface area contributed by atoms with E-state index in [0.717, 1.165) is 17.7 Å². The van der Waals surface area contributed by atoms with Crippen molar-refractivity contribution in [3.8, 4) is 0 Å². The summed E-state index contributed by atoms with van der Waals surface area (Å²) in [6, 6.07) is 5.37. The predicted molar refractivity (Wildman–Crippen MR) is 70.7 cm³/mol. The molecule has 0 aliphatic carbocycles. The van der Waals surface area contributed by atoms with E-state index in [0.29, 0.717) is 12.6 Å². The molecule has 0 fully saturated rings. The minimum atomic E-state index is -0.348. The van der Waals surface area contributed by atoms with E-state index in [2.05, 4.69) is 18.5 Å². The fourth-order valence-electron chi connectivity index (χ4n) is 1.46. The number of hydrogen-bond acceptors (Lipinski definition) is 2. The fourth-order valence-corrected chi connectivity index (χ4v) is 2.41. The molecule has 0 heterocycles. The van der Waals surface area contributed by atoms with Crippen molar-refractivity contribution in [2.24, 2.45) is 0 Å². The van der Waals surface area contributed by atoms with Crippen LogP contribution in [0.2, 0.25) is 5.02 Å². The molecule has 0 aliphatic heterocycles. The monoisotopic (exact) mass is 261 g/mol. The molecule has 90 valence electrons. The molecule has 0 aliphatic rings. The summed E-state index contributed by atoms with van der Waals surface area (Å²) in [5, 5.41) is 3.61. The van der Waals surface area contributed by atoms with Crippen LogP contribution in [0.5, 0.6) is 0 Å². The van der Waals surface area contributed by atoms with Gasteiger partial charge in [-0.15, -0.1) is 0 Å². The van der Waals surface area contributed by atoms with Gasteiger partial charge >= 0.3 is 0 Å². The maximum Gasteiger partial charge on any atom is 0.142 e. The molecule has 0 spiro atoms. The lowest BCUT2D eigenvalue weighted by Crippen LogP contribution is -2.30. The van der Waals surface area contributed by atoms with E-state index >= 15 is 0 Å². The second-order valence-electron chi connectivity index (χ2n) is 3.65. The van der Waals surface area contributed by atoms with Crippen molar-refractivity contribution in [1.82, 2.24) is 5.32 Å². The molecule has 1 aromatic carbocycles. The summed E-state index contributed by atoms with van der Waals surface area (Å²) in [4.78, 5) is 0. The van der Waals surface area contributed by atoms with Crippen LogP contribution in [0.15, 0.2) is 18.2 Å². The van der Waals surface area contributed by atoms with Crippen molar-refractivity contribution in [2.75, 3.05) is 12.0 Å². The fraction of sp³-hybridized carbons (Fsp3) is 0.500. The Kier molecular flexibility index (Phi) is 6.17. The topological polar surface area (TPSA) is 12.0 Å². The van der Waals surface area contributed by atoms with Crippen LogP contribution in [-0.4, -0.2) is 18.1 Å². The number of hydrogen-bond donors (Lipinski definition) is 1. The summed E-state index contributed by atoms with van der Waals surface area (Å²) in [6.45, 7) is 2.76. The predicted octanol–water partition coefficient (Wildman–Crippen LogP) is 3.71. The smallest absolute Gasteiger partial charge is 0.142 e. The highest BCUT2D eigenvalue weighted by molar-refractivity contribution is 7.98. The molecule has 4 heteroatoms. The molecule has 1 unspecified atom stereocenters. The van der Waals surface area contributed by atoms with E-state index in [4.69, 9.17) is 11.6 Å². The average molecular weight is 262 g/mol. The zero-order valence-electron chi connectivity index (χ0n) is 9.59. The molecular weight excluding hydrogens is 245 g/mol. The van der Waals surface area contributed by atoms with E-state index in [1.54, 1.807) is 6.07 Å². The van der Waals surface area contributed by atoms with Crippen LogP contribution in [0.4, 0.5) is 4.39 Å². The Morgan fingerprint density at radius 3 is 2.88 bits per heavy atom. The van der Waals surface area contributed by atoms with Crippen LogP contribution in [0.3, 0.4) is 0 Å². The van der Waals surface area contributed by atoms with Gasteiger partial charge in [-0.05, 0) is 24.3 Å². The lowest BCUT2D eigenvalue weighted by atomic mass is 10.2. The molecule has 1 aromatic rings. The van der Waals surface area contributed by atoms with Gasteiger partial charge in [0.05, 0.1) is 5.02 Å². The second kappa shape index (κ2) is 7.15. The minimum absolute atomic E-state index is 0.231. The Bertz CT molecular complexity index is 333. The number of halogens is 2. The van der Waals surface area contributed by atoms with Crippen molar-refractivity contribution in [3.63, 3.8) is 0 Å². The third kappa shape index (κ3) is 3.96. The zero-order chi connectivity index (χ0) is 12.0. The Morgan fingerprint density at radius 1 is 1.50 bits per heavy atom. The van der Waals surface area contributed by atoms with Crippen molar-refractivity contribution in [2.45, 2.75) is 25.9 Å². The number of rotatable bonds is 6. The molecule has 1 nitrogen and oxygen atoms in total. The van der Waals surface area contributed by atoms with E-state index in [-0.39, 0.29) is 10.8 Å². The summed E-state index contributed by atoms with van der Waals surface area (Å²) in [6.07, 6.45) is 3.15. The van der Waals surface area contributed by atoms with E-state index in [9.17, 15) is 4.39 Å². The number of benzene rings is 1. The standard InChI is InChI=1S/C12H17ClFNS/c1-3-10(8-16-2)15-7-9-5-4-6-11(14)12(9)13/h4-6,10,15H,3,7-8H2,1-2H3. The first-order valence-corrected chi connectivity index (χ1v) is 7.11. The van der Waals surface area contributed by atoms with Gasteiger partial charge in [-0.1, -0.05) is 30.7 Å². The van der Waals surface area contributed by atoms with Crippen LogP contribution >= 0.6 is 23.4 Å². The van der Waals surface area contributed by atoms with Gasteiger partial charge in [-0.3, -0.25) is 0 Å². The zero-order valence-corrected chi connectivity index (χ0v) is 11.2. The summed E-state index contributed by atoms with van der Waals surface area (Å²) < 4.78 is 13.2. The summed E-state index contributed by atoms with van der Waals surface area (Å²) >= 11 is 7.68. The molecule has 0 bridgehead atoms. The Morgan fingerprint density at radius 2 is 2.25 bits per heavy atom. The third-order valence-corrected chi connectivity index (χ3v) is 3.63. The van der Waals surface area contributed by atoms with Crippen LogP contribution < -0.4 is 5.32 Å². The molecular formula is C12H17ClFNS. The van der Waals surface area contributed by atoms with Gasteiger partial charge in [-0.25, -0.2) is 4.39 Å². The lowest BCUT2D eigenvalue weighted by Gasteiger charge is -2.16. The summed E-state index contributed by atoms with van der Waals surface area (Å²) in [5.41, 5.74) is 0.821. The van der Waals surface area contributed by atoms with E-state index < -0.39 is 0 Å². The molecule has 0 amide bonds. The minimum Gasteiger partial charge on any atom is -0.309 e. The summed E-state index contributed by atoms with van der Waals surface area (Å²) in [5.74, 6) is 0.711. The molecule has 16 heavy (non-hydrogen) atoms. The van der Waals surface area contributed by atoms with Gasteiger partial charge in [0.25, 0.3) is 0 Å². The second-order valence-corrected chi connectivity index (χ2v) is 4.94. The van der Waals surface area contributed by atoms with Gasteiger partial charge in [-0.2, -0.15) is 11.8 Å². The third-order valence-electron chi connectivity index (χ3n) is 2.47. The van der Waals surface area contributed by atoms with Gasteiger partial charge in [0, 0.05) is 18.3 Å². The highest BCUT2D eigenvalue weighted by Crippen LogP contribution is 2.19. The van der Waals surface area contributed by atoms with Crippen molar-refractivity contribution >= 4 is 23.4 Å². The maximum absolute atomic E-state index is 13.2. The number of nitrogens with one attached hydrogen (secondary N) is 1. The van der Waals surface area contributed by atoms with Crippen LogP contribution in [-0.2, 0) is 6.54 Å². The van der Waals surface area contributed by atoms with Gasteiger partial charge in [0.15, 0.2) is 0 Å². The Balaban J connectivity index is 2.56. The lowest BCUT2D eigenvalue weighted by molar-refractivity contribution is 0.539. The Hall–Kier alpha value is -0.250. The summed E-state index contributed by atoms with van der Waals surface area (Å²) in [7, 11) is 0. The highest BCUT2D eigenvalue weighted by atomic mass is 35.5. The van der Waals surface area contributed by atoms with Gasteiger partial charge < -0.3 is 5.32 Å². The quantitative estimate of drug-likeness (QED) is 0.838. The molecule has 0 saturated carbocycles. The van der Waals surface area contributed by atoms with Crippen molar-refractivity contribution in [1.29, 1.82) is 0 Å². The highest BCUT2D eigenvalue weighted by Gasteiger charge is 2.08. The molecule has 0 aromatic heterocycles. The maximum atomic E-state index is 13.2. The Labute approximate surface area is 106 Å². The van der Waals surface area contributed by atoms with E-state index in [1.807, 2.05) is 17.8 Å². The first kappa shape index (κ1) is 13.8. The van der Waals surface area contributed by atoms with Gasteiger partial charge in [0.1, 0.15) is 5.82 Å². The molecule has 1 rings (SSSR count). The van der Waals surface area contributed by atoms with Crippen LogP contribution in [0.1, 0.15) is 18.9 Å². The SMILES string of the molecule is CCC(CSC)NCc1cccc(F)c1Cl. The van der Waals surface area contributed by atoms with Crippen molar-refractivity contribution < 1.29 is 4.39 Å². The van der Waals surface area contributed by atoms with Crippen LogP contribution in [0, 0.1) is 5.82 Å². The first-order chi connectivity index (χ1) is 7.69. The molecule has 0 saturated heterocycles. The van der Waals surface area contributed by atoms with Crippen molar-refractivity contribution in [3.05, 3.63) is 34.6 Å². The molecule has 1 N–H and O–H groups in total. The van der Waals surface area contributed by atoms with Gasteiger partial charge in [0.2, 0.25) is 0 Å². The molecule has 0 radical (unpaired) electrons. The largest absolute Gasteiger partial charge is 0.309 e. The average Bonchev–Trinajstić information content (AvgIpc) is 2.29. The first-order valence-electron chi connectivity index (χ1n) is 5.34.